The Balaban J connectivity index is 1.72. The van der Waals surface area contributed by atoms with Crippen LogP contribution in [0.4, 0.5) is 0 Å². The van der Waals surface area contributed by atoms with Gasteiger partial charge >= 0.3 is 0 Å². The molecule has 1 unspecified atom stereocenters. The number of guanidine groups is 1. The number of nitrogens with zero attached hydrogens (tertiary/aromatic N) is 4. The van der Waals surface area contributed by atoms with Gasteiger partial charge in [0.05, 0.1) is 0 Å². The highest BCUT2D eigenvalue weighted by Crippen LogP contribution is 2.20. The molecule has 0 spiro atoms. The fourth-order valence-electron chi connectivity index (χ4n) is 2.36. The van der Waals surface area contributed by atoms with Crippen LogP contribution in [0.15, 0.2) is 23.5 Å². The molecule has 1 saturated heterocycles. The molecular formula is C14H25N5S. The minimum Gasteiger partial charge on any atom is -0.356 e. The third-order valence-electron chi connectivity index (χ3n) is 3.51. The van der Waals surface area contributed by atoms with E-state index in [0.717, 1.165) is 43.8 Å². The first-order chi connectivity index (χ1) is 9.83. The Morgan fingerprint density at radius 1 is 1.55 bits per heavy atom. The van der Waals surface area contributed by atoms with E-state index in [1.807, 2.05) is 30.2 Å². The number of rotatable bonds is 5. The first-order valence-electron chi connectivity index (χ1n) is 7.38. The Morgan fingerprint density at radius 3 is 3.15 bits per heavy atom. The zero-order valence-corrected chi connectivity index (χ0v) is 13.3. The number of aromatic nitrogens is 2. The Bertz CT molecular complexity index is 404. The zero-order chi connectivity index (χ0) is 14.2. The van der Waals surface area contributed by atoms with E-state index in [4.69, 9.17) is 0 Å². The van der Waals surface area contributed by atoms with Crippen molar-refractivity contribution in [2.75, 3.05) is 32.4 Å². The number of aliphatic imine (C=N–C) groups is 1. The Morgan fingerprint density at radius 2 is 2.45 bits per heavy atom. The molecule has 1 aliphatic heterocycles. The van der Waals surface area contributed by atoms with E-state index in [0.29, 0.717) is 0 Å². The molecule has 1 atom stereocenters. The molecule has 112 valence electrons. The van der Waals surface area contributed by atoms with Gasteiger partial charge in [0, 0.05) is 56.6 Å². The van der Waals surface area contributed by atoms with Gasteiger partial charge in [0.15, 0.2) is 5.96 Å². The van der Waals surface area contributed by atoms with Crippen LogP contribution in [0.5, 0.6) is 0 Å². The molecule has 0 amide bonds. The molecule has 0 saturated carbocycles. The molecule has 0 bridgehead atoms. The fourth-order valence-corrected chi connectivity index (χ4v) is 3.55. The van der Waals surface area contributed by atoms with Crippen LogP contribution in [-0.4, -0.2) is 58.3 Å². The van der Waals surface area contributed by atoms with Crippen molar-refractivity contribution in [3.8, 4) is 0 Å². The van der Waals surface area contributed by atoms with Gasteiger partial charge in [-0.2, -0.15) is 16.9 Å². The summed E-state index contributed by atoms with van der Waals surface area (Å²) >= 11 is 2.09. The predicted octanol–water partition coefficient (Wildman–Crippen LogP) is 1.68. The molecule has 2 rings (SSSR count). The van der Waals surface area contributed by atoms with E-state index < -0.39 is 0 Å². The molecule has 0 aromatic carbocycles. The summed E-state index contributed by atoms with van der Waals surface area (Å²) in [7, 11) is 1.87. The van der Waals surface area contributed by atoms with Crippen molar-refractivity contribution in [1.82, 2.24) is 20.0 Å². The highest BCUT2D eigenvalue weighted by Gasteiger charge is 2.21. The second kappa shape index (κ2) is 8.19. The lowest BCUT2D eigenvalue weighted by atomic mass is 10.3. The number of hydrogen-bond acceptors (Lipinski definition) is 3. The van der Waals surface area contributed by atoms with Crippen LogP contribution in [0, 0.1) is 0 Å². The second-order valence-electron chi connectivity index (χ2n) is 4.94. The van der Waals surface area contributed by atoms with E-state index in [2.05, 4.69) is 39.0 Å². The molecule has 5 nitrogen and oxygen atoms in total. The Kier molecular flexibility index (Phi) is 6.24. The lowest BCUT2D eigenvalue weighted by Gasteiger charge is -2.34. The first kappa shape index (κ1) is 15.2. The molecule has 2 heterocycles. The molecule has 0 radical (unpaired) electrons. The maximum Gasteiger partial charge on any atom is 0.193 e. The summed E-state index contributed by atoms with van der Waals surface area (Å²) in [6.45, 7) is 6.36. The molecule has 1 N–H and O–H groups in total. The maximum absolute atomic E-state index is 4.41. The standard InChI is InChI=1S/C14H25N5S/c1-3-13-12-18(10-11-20-13)14(15-2)16-6-4-8-19-9-5-7-17-19/h5,7,9,13H,3-4,6,8,10-12H2,1-2H3,(H,15,16). The molecule has 0 aliphatic carbocycles. The SMILES string of the molecule is CCC1CN(C(=NC)NCCCn2cccn2)CCS1. The normalized spacial score (nSPS) is 20.2. The van der Waals surface area contributed by atoms with Gasteiger partial charge in [0.25, 0.3) is 0 Å². The summed E-state index contributed by atoms with van der Waals surface area (Å²) in [6, 6.07) is 1.96. The first-order valence-corrected chi connectivity index (χ1v) is 8.43. The summed E-state index contributed by atoms with van der Waals surface area (Å²) < 4.78 is 1.97. The quantitative estimate of drug-likeness (QED) is 0.510. The van der Waals surface area contributed by atoms with E-state index in [1.165, 1.54) is 12.2 Å². The van der Waals surface area contributed by atoms with Gasteiger partial charge in [-0.3, -0.25) is 9.67 Å². The molecule has 20 heavy (non-hydrogen) atoms. The van der Waals surface area contributed by atoms with E-state index in [9.17, 15) is 0 Å². The van der Waals surface area contributed by atoms with Gasteiger partial charge in [-0.25, -0.2) is 0 Å². The van der Waals surface area contributed by atoms with Crippen LogP contribution in [0.2, 0.25) is 0 Å². The number of hydrogen-bond donors (Lipinski definition) is 1. The van der Waals surface area contributed by atoms with Gasteiger partial charge in [0.1, 0.15) is 0 Å². The maximum atomic E-state index is 4.41. The monoisotopic (exact) mass is 295 g/mol. The van der Waals surface area contributed by atoms with Crippen molar-refractivity contribution in [2.45, 2.75) is 31.6 Å². The lowest BCUT2D eigenvalue weighted by Crippen LogP contribution is -2.48. The summed E-state index contributed by atoms with van der Waals surface area (Å²) in [5.74, 6) is 2.25. The van der Waals surface area contributed by atoms with Gasteiger partial charge in [-0.05, 0) is 18.9 Å². The summed E-state index contributed by atoms with van der Waals surface area (Å²) in [4.78, 5) is 6.80. The van der Waals surface area contributed by atoms with Crippen molar-refractivity contribution in [1.29, 1.82) is 0 Å². The van der Waals surface area contributed by atoms with Gasteiger partial charge < -0.3 is 10.2 Å². The van der Waals surface area contributed by atoms with E-state index in [1.54, 1.807) is 0 Å². The third kappa shape index (κ3) is 4.44. The van der Waals surface area contributed by atoms with Crippen LogP contribution >= 0.6 is 11.8 Å². The predicted molar refractivity (Wildman–Crippen MR) is 86.3 cm³/mol. The van der Waals surface area contributed by atoms with Crippen LogP contribution in [0.1, 0.15) is 19.8 Å². The molecular weight excluding hydrogens is 270 g/mol. The number of aryl methyl sites for hydroxylation is 1. The van der Waals surface area contributed by atoms with Crippen LogP contribution in [-0.2, 0) is 6.54 Å². The Labute approximate surface area is 125 Å². The van der Waals surface area contributed by atoms with E-state index >= 15 is 0 Å². The molecule has 1 aromatic rings. The average Bonchev–Trinajstić information content (AvgIpc) is 3.01. The zero-order valence-electron chi connectivity index (χ0n) is 12.5. The van der Waals surface area contributed by atoms with Gasteiger partial charge in [0.2, 0.25) is 0 Å². The minimum absolute atomic E-state index is 0.742. The van der Waals surface area contributed by atoms with E-state index in [-0.39, 0.29) is 0 Å². The van der Waals surface area contributed by atoms with Crippen LogP contribution in [0.3, 0.4) is 0 Å². The van der Waals surface area contributed by atoms with Crippen molar-refractivity contribution < 1.29 is 0 Å². The number of thioether (sulfide) groups is 1. The fraction of sp³-hybridized carbons (Fsp3) is 0.714. The highest BCUT2D eigenvalue weighted by atomic mass is 32.2. The van der Waals surface area contributed by atoms with Crippen LogP contribution in [0.25, 0.3) is 0 Å². The summed E-state index contributed by atoms with van der Waals surface area (Å²) in [6.07, 6.45) is 6.11. The largest absolute Gasteiger partial charge is 0.356 e. The third-order valence-corrected chi connectivity index (χ3v) is 4.88. The van der Waals surface area contributed by atoms with Gasteiger partial charge in [-0.15, -0.1) is 0 Å². The minimum atomic E-state index is 0.742. The average molecular weight is 295 g/mol. The van der Waals surface area contributed by atoms with Crippen molar-refractivity contribution in [3.05, 3.63) is 18.5 Å². The molecule has 6 heteroatoms. The molecule has 1 aromatic heterocycles. The molecule has 1 aliphatic rings. The Hall–Kier alpha value is -1.17. The molecule has 1 fully saturated rings. The van der Waals surface area contributed by atoms with Crippen molar-refractivity contribution in [2.24, 2.45) is 4.99 Å². The second-order valence-corrected chi connectivity index (χ2v) is 6.35. The summed E-state index contributed by atoms with van der Waals surface area (Å²) in [5.41, 5.74) is 0. The van der Waals surface area contributed by atoms with Gasteiger partial charge in [-0.1, -0.05) is 6.92 Å². The number of nitrogens with one attached hydrogen (secondary N) is 1. The lowest BCUT2D eigenvalue weighted by molar-refractivity contribution is 0.406. The van der Waals surface area contributed by atoms with Crippen LogP contribution < -0.4 is 5.32 Å². The summed E-state index contributed by atoms with van der Waals surface area (Å²) in [5, 5.41) is 8.42. The highest BCUT2D eigenvalue weighted by molar-refractivity contribution is 8.00. The van der Waals surface area contributed by atoms with Crippen molar-refractivity contribution in [3.63, 3.8) is 0 Å². The van der Waals surface area contributed by atoms with Crippen molar-refractivity contribution >= 4 is 17.7 Å². The topological polar surface area (TPSA) is 45.5 Å². The smallest absolute Gasteiger partial charge is 0.193 e.